The van der Waals surface area contributed by atoms with Crippen molar-refractivity contribution >= 4 is 44.0 Å². The van der Waals surface area contributed by atoms with E-state index in [4.69, 9.17) is 9.47 Å². The normalized spacial score (nSPS) is 23.8. The number of aliphatic hydroxyl groups is 2. The summed E-state index contributed by atoms with van der Waals surface area (Å²) in [5.74, 6) is -0.697. The summed E-state index contributed by atoms with van der Waals surface area (Å²) in [6.45, 7) is 7.64. The quantitative estimate of drug-likeness (QED) is 0.165. The Morgan fingerprint density at radius 3 is 1.22 bits per heavy atom. The number of cyclic esters (lactones) is 2. The number of hydrogen-bond acceptors (Lipinski definition) is 6. The first-order valence-electron chi connectivity index (χ1n) is 18.0. The lowest BCUT2D eigenvalue weighted by atomic mass is 9.82. The van der Waals surface area contributed by atoms with Crippen LogP contribution in [0.1, 0.15) is 87.7 Å². The van der Waals surface area contributed by atoms with E-state index >= 15 is 0 Å². The monoisotopic (exact) mass is 870 g/mol. The number of carbonyl (C=O) groups is 2. The highest BCUT2D eigenvalue weighted by molar-refractivity contribution is 9.10. The average molecular weight is 873 g/mol. The Morgan fingerprint density at radius 2 is 0.944 bits per heavy atom. The fourth-order valence-corrected chi connectivity index (χ4v) is 8.26. The summed E-state index contributed by atoms with van der Waals surface area (Å²) >= 11 is 6.84. The van der Waals surface area contributed by atoms with Gasteiger partial charge in [-0.1, -0.05) is 80.4 Å². The number of nitrogens with zero attached hydrogens (tertiary/aromatic N) is 2. The molecular weight excluding hydrogens is 826 g/mol. The Morgan fingerprint density at radius 1 is 0.630 bits per heavy atom. The SMILES string of the molecule is CC1CC(CCO)(c2ccc(F)cc2)OC(=O)N1[C@@H](C)c1ccc(Br)cc1.CC1CC(CCO)(c2ccc(F)cc2)OC(=O)N1[C@@H](C)c1ccc(Br)cc1. The second kappa shape index (κ2) is 17.7. The first-order valence-corrected chi connectivity index (χ1v) is 19.6. The number of ether oxygens (including phenoxy) is 2. The van der Waals surface area contributed by atoms with Crippen LogP contribution in [-0.2, 0) is 20.7 Å². The number of amides is 2. The highest BCUT2D eigenvalue weighted by atomic mass is 79.9. The predicted molar refractivity (Wildman–Crippen MR) is 209 cm³/mol. The molecule has 0 radical (unpaired) electrons. The third kappa shape index (κ3) is 9.16. The number of rotatable bonds is 10. The maximum Gasteiger partial charge on any atom is 0.411 e. The first kappa shape index (κ1) is 41.3. The molecule has 0 saturated carbocycles. The molecule has 0 aromatic heterocycles. The zero-order valence-electron chi connectivity index (χ0n) is 30.7. The molecule has 54 heavy (non-hydrogen) atoms. The van der Waals surface area contributed by atoms with E-state index in [-0.39, 0.29) is 61.9 Å². The number of benzene rings is 4. The lowest BCUT2D eigenvalue weighted by Crippen LogP contribution is -2.53. The van der Waals surface area contributed by atoms with Gasteiger partial charge in [-0.25, -0.2) is 18.4 Å². The minimum Gasteiger partial charge on any atom is -0.438 e. The maximum atomic E-state index is 13.3. The smallest absolute Gasteiger partial charge is 0.411 e. The molecule has 2 heterocycles. The van der Waals surface area contributed by atoms with Crippen LogP contribution in [0.25, 0.3) is 0 Å². The molecule has 4 aromatic rings. The van der Waals surface area contributed by atoms with Crippen molar-refractivity contribution < 1.29 is 38.1 Å². The van der Waals surface area contributed by atoms with Crippen molar-refractivity contribution in [3.63, 3.8) is 0 Å². The molecule has 4 unspecified atom stereocenters. The molecular formula is C42H46Br2F2N2O6. The van der Waals surface area contributed by atoms with Crippen molar-refractivity contribution in [1.82, 2.24) is 9.80 Å². The third-order valence-corrected chi connectivity index (χ3v) is 11.6. The molecule has 6 rings (SSSR count). The fourth-order valence-electron chi connectivity index (χ4n) is 7.73. The summed E-state index contributed by atoms with van der Waals surface area (Å²) < 4.78 is 40.4. The van der Waals surface area contributed by atoms with Crippen molar-refractivity contribution in [1.29, 1.82) is 0 Å². The summed E-state index contributed by atoms with van der Waals surface area (Å²) in [7, 11) is 0. The molecule has 4 aromatic carbocycles. The largest absolute Gasteiger partial charge is 0.438 e. The van der Waals surface area contributed by atoms with E-state index in [2.05, 4.69) is 31.9 Å². The molecule has 8 nitrogen and oxygen atoms in total. The number of halogens is 4. The Bertz CT molecular complexity index is 1730. The Kier molecular flexibility index (Phi) is 13.6. The van der Waals surface area contributed by atoms with Crippen LogP contribution in [0.2, 0.25) is 0 Å². The average Bonchev–Trinajstić information content (AvgIpc) is 3.12. The van der Waals surface area contributed by atoms with E-state index in [1.807, 2.05) is 76.2 Å². The van der Waals surface area contributed by atoms with Gasteiger partial charge in [-0.15, -0.1) is 0 Å². The van der Waals surface area contributed by atoms with Crippen LogP contribution < -0.4 is 0 Å². The Hall–Kier alpha value is -3.84. The van der Waals surface area contributed by atoms with Crippen molar-refractivity contribution in [2.45, 2.75) is 88.7 Å². The maximum absolute atomic E-state index is 13.3. The van der Waals surface area contributed by atoms with E-state index < -0.39 is 23.4 Å². The van der Waals surface area contributed by atoms with Gasteiger partial charge >= 0.3 is 12.2 Å². The van der Waals surface area contributed by atoms with Gasteiger partial charge in [0.05, 0.1) is 12.1 Å². The zero-order chi connectivity index (χ0) is 39.2. The Labute approximate surface area is 332 Å². The molecule has 0 spiro atoms. The molecule has 288 valence electrons. The molecule has 2 N–H and O–H groups in total. The van der Waals surface area contributed by atoms with Gasteiger partial charge in [0.2, 0.25) is 0 Å². The van der Waals surface area contributed by atoms with E-state index in [1.54, 1.807) is 34.1 Å². The molecule has 6 atom stereocenters. The van der Waals surface area contributed by atoms with Gasteiger partial charge in [0.25, 0.3) is 0 Å². The summed E-state index contributed by atoms with van der Waals surface area (Å²) in [6, 6.07) is 27.1. The fraction of sp³-hybridized carbons (Fsp3) is 0.381. The van der Waals surface area contributed by atoms with Gasteiger partial charge in [-0.3, -0.25) is 9.80 Å². The predicted octanol–water partition coefficient (Wildman–Crippen LogP) is 10.3. The van der Waals surface area contributed by atoms with Gasteiger partial charge in [0, 0.05) is 59.9 Å². The molecule has 0 aliphatic carbocycles. The topological polar surface area (TPSA) is 99.5 Å². The molecule has 2 aliphatic rings. The molecule has 0 bridgehead atoms. The van der Waals surface area contributed by atoms with Crippen LogP contribution in [0.5, 0.6) is 0 Å². The molecule has 2 amide bonds. The van der Waals surface area contributed by atoms with Crippen LogP contribution in [-0.4, -0.2) is 57.5 Å². The van der Waals surface area contributed by atoms with E-state index in [0.717, 1.165) is 20.1 Å². The van der Waals surface area contributed by atoms with Gasteiger partial charge in [-0.05, 0) is 98.5 Å². The van der Waals surface area contributed by atoms with Crippen molar-refractivity contribution in [2.24, 2.45) is 0 Å². The zero-order valence-corrected chi connectivity index (χ0v) is 33.9. The van der Waals surface area contributed by atoms with Crippen LogP contribution in [0.4, 0.5) is 18.4 Å². The summed E-state index contributed by atoms with van der Waals surface area (Å²) in [6.07, 6.45) is 0.728. The van der Waals surface area contributed by atoms with Gasteiger partial charge in [0.1, 0.15) is 22.8 Å². The highest BCUT2D eigenvalue weighted by Gasteiger charge is 2.48. The molecule has 12 heteroatoms. The second-order valence-corrected chi connectivity index (χ2v) is 15.9. The summed E-state index contributed by atoms with van der Waals surface area (Å²) in [5, 5.41) is 19.1. The standard InChI is InChI=1S/2C21H23BrFNO3/c2*1-14-13-21(11-12-25,17-5-9-19(23)10-6-17)27-20(26)24(14)15(2)16-3-7-18(22)8-4-16/h2*3-10,14-15,25H,11-13H2,1-2H3/t2*14?,15-,21?/m00/s1. The van der Waals surface area contributed by atoms with Gasteiger partial charge < -0.3 is 19.7 Å². The minimum atomic E-state index is -0.950. The highest BCUT2D eigenvalue weighted by Crippen LogP contribution is 2.44. The van der Waals surface area contributed by atoms with Crippen LogP contribution in [0, 0.1) is 11.6 Å². The van der Waals surface area contributed by atoms with Crippen LogP contribution >= 0.6 is 31.9 Å². The van der Waals surface area contributed by atoms with E-state index in [9.17, 15) is 28.6 Å². The molecule has 2 saturated heterocycles. The van der Waals surface area contributed by atoms with Gasteiger partial charge in [-0.2, -0.15) is 0 Å². The van der Waals surface area contributed by atoms with E-state index in [1.165, 1.54) is 24.3 Å². The summed E-state index contributed by atoms with van der Waals surface area (Å²) in [5.41, 5.74) is 1.53. The minimum absolute atomic E-state index is 0.110. The van der Waals surface area contributed by atoms with Crippen LogP contribution in [0.15, 0.2) is 106 Å². The summed E-state index contributed by atoms with van der Waals surface area (Å²) in [4.78, 5) is 29.4. The number of hydrogen-bond donors (Lipinski definition) is 2. The number of carbonyl (C=O) groups excluding carboxylic acids is 2. The number of aliphatic hydroxyl groups excluding tert-OH is 2. The van der Waals surface area contributed by atoms with Crippen molar-refractivity contribution in [3.8, 4) is 0 Å². The van der Waals surface area contributed by atoms with Crippen molar-refractivity contribution in [3.05, 3.63) is 140 Å². The first-order chi connectivity index (χ1) is 25.7. The second-order valence-electron chi connectivity index (χ2n) is 14.1. The third-order valence-electron chi connectivity index (χ3n) is 10.5. The lowest BCUT2D eigenvalue weighted by Gasteiger charge is -2.47. The molecule has 2 aliphatic heterocycles. The van der Waals surface area contributed by atoms with Crippen LogP contribution in [0.3, 0.4) is 0 Å². The Balaban J connectivity index is 0.000000208. The van der Waals surface area contributed by atoms with E-state index in [0.29, 0.717) is 24.0 Å². The lowest BCUT2D eigenvalue weighted by molar-refractivity contribution is -0.0908. The van der Waals surface area contributed by atoms with Crippen molar-refractivity contribution in [2.75, 3.05) is 13.2 Å². The molecule has 2 fully saturated rings. The van der Waals surface area contributed by atoms with Gasteiger partial charge in [0.15, 0.2) is 0 Å².